The van der Waals surface area contributed by atoms with Gasteiger partial charge >= 0.3 is 5.69 Å². The van der Waals surface area contributed by atoms with Crippen LogP contribution in [0.3, 0.4) is 0 Å². The standard InChI is InChI=1S/C10H16N4O3/c1-6(11)8-5-14(2-3-17-8)9(15)7-4-12-10(16)13-7/h4,6,8H,2-3,5,11H2,1H3,(H2,12,13,16). The molecule has 1 aliphatic rings. The van der Waals surface area contributed by atoms with Crippen LogP contribution in [0.25, 0.3) is 0 Å². The molecule has 2 atom stereocenters. The molecule has 1 saturated heterocycles. The highest BCUT2D eigenvalue weighted by atomic mass is 16.5. The summed E-state index contributed by atoms with van der Waals surface area (Å²) in [6.45, 7) is 3.27. The zero-order valence-corrected chi connectivity index (χ0v) is 9.60. The maximum atomic E-state index is 12.0. The lowest BCUT2D eigenvalue weighted by molar-refractivity contribution is -0.0301. The van der Waals surface area contributed by atoms with E-state index in [0.29, 0.717) is 19.7 Å². The quantitative estimate of drug-likeness (QED) is 0.609. The predicted octanol–water partition coefficient (Wildman–Crippen LogP) is -1.11. The molecule has 0 saturated carbocycles. The molecule has 2 heterocycles. The number of amides is 1. The summed E-state index contributed by atoms with van der Waals surface area (Å²) >= 11 is 0. The van der Waals surface area contributed by atoms with Crippen LogP contribution in [0.5, 0.6) is 0 Å². The van der Waals surface area contributed by atoms with Crippen LogP contribution in [0.2, 0.25) is 0 Å². The molecule has 1 aromatic rings. The minimum atomic E-state index is -0.384. The zero-order chi connectivity index (χ0) is 12.4. The van der Waals surface area contributed by atoms with E-state index in [1.807, 2.05) is 6.92 Å². The van der Waals surface area contributed by atoms with E-state index in [2.05, 4.69) is 9.97 Å². The third-order valence-electron chi connectivity index (χ3n) is 2.79. The van der Waals surface area contributed by atoms with Crippen LogP contribution in [0.4, 0.5) is 0 Å². The lowest BCUT2D eigenvalue weighted by Crippen LogP contribution is -2.51. The highest BCUT2D eigenvalue weighted by Gasteiger charge is 2.27. The topological polar surface area (TPSA) is 104 Å². The van der Waals surface area contributed by atoms with Gasteiger partial charge in [-0.25, -0.2) is 4.79 Å². The number of rotatable bonds is 2. The molecule has 0 aliphatic carbocycles. The third-order valence-corrected chi connectivity index (χ3v) is 2.79. The lowest BCUT2D eigenvalue weighted by atomic mass is 10.1. The number of hydrogen-bond acceptors (Lipinski definition) is 4. The van der Waals surface area contributed by atoms with Gasteiger partial charge in [0.2, 0.25) is 0 Å². The van der Waals surface area contributed by atoms with E-state index >= 15 is 0 Å². The molecular weight excluding hydrogens is 224 g/mol. The van der Waals surface area contributed by atoms with Gasteiger partial charge in [0.05, 0.1) is 12.7 Å². The number of aromatic nitrogens is 2. The van der Waals surface area contributed by atoms with Gasteiger partial charge in [-0.05, 0) is 6.92 Å². The monoisotopic (exact) mass is 240 g/mol. The molecule has 0 bridgehead atoms. The van der Waals surface area contributed by atoms with Crippen molar-refractivity contribution >= 4 is 5.91 Å². The molecule has 2 rings (SSSR count). The van der Waals surface area contributed by atoms with Crippen molar-refractivity contribution in [3.63, 3.8) is 0 Å². The van der Waals surface area contributed by atoms with Crippen LogP contribution >= 0.6 is 0 Å². The van der Waals surface area contributed by atoms with E-state index in [-0.39, 0.29) is 29.4 Å². The van der Waals surface area contributed by atoms with Crippen molar-refractivity contribution in [3.05, 3.63) is 22.4 Å². The Bertz CT molecular complexity index is 450. The van der Waals surface area contributed by atoms with E-state index in [1.54, 1.807) is 4.90 Å². The largest absolute Gasteiger partial charge is 0.373 e. The van der Waals surface area contributed by atoms with Crippen molar-refractivity contribution in [2.24, 2.45) is 5.73 Å². The van der Waals surface area contributed by atoms with E-state index in [4.69, 9.17) is 10.5 Å². The number of imidazole rings is 1. The maximum Gasteiger partial charge on any atom is 0.323 e. The number of nitrogens with zero attached hydrogens (tertiary/aromatic N) is 1. The number of carbonyl (C=O) groups is 1. The molecule has 1 amide bonds. The van der Waals surface area contributed by atoms with Crippen LogP contribution < -0.4 is 11.4 Å². The number of nitrogens with one attached hydrogen (secondary N) is 2. The van der Waals surface area contributed by atoms with Gasteiger partial charge in [0.15, 0.2) is 0 Å². The van der Waals surface area contributed by atoms with Crippen LogP contribution in [0.15, 0.2) is 11.0 Å². The highest BCUT2D eigenvalue weighted by molar-refractivity contribution is 5.92. The SMILES string of the molecule is CC(N)C1CN(C(=O)c2c[nH]c(=O)[nH]2)CCO1. The molecule has 0 spiro atoms. The normalized spacial score (nSPS) is 22.5. The van der Waals surface area contributed by atoms with Gasteiger partial charge in [-0.2, -0.15) is 0 Å². The molecule has 17 heavy (non-hydrogen) atoms. The van der Waals surface area contributed by atoms with Gasteiger partial charge in [-0.3, -0.25) is 4.79 Å². The van der Waals surface area contributed by atoms with Gasteiger partial charge in [0.25, 0.3) is 5.91 Å². The molecule has 0 aromatic carbocycles. The minimum Gasteiger partial charge on any atom is -0.373 e. The number of morpholine rings is 1. The summed E-state index contributed by atoms with van der Waals surface area (Å²) in [5.74, 6) is -0.211. The second-order valence-electron chi connectivity index (χ2n) is 4.18. The van der Waals surface area contributed by atoms with Crippen molar-refractivity contribution in [2.45, 2.75) is 19.1 Å². The second-order valence-corrected chi connectivity index (χ2v) is 4.18. The van der Waals surface area contributed by atoms with Gasteiger partial charge in [0, 0.05) is 25.3 Å². The van der Waals surface area contributed by atoms with Crippen LogP contribution in [-0.2, 0) is 4.74 Å². The van der Waals surface area contributed by atoms with Gasteiger partial charge < -0.3 is 25.3 Å². The molecular formula is C10H16N4O3. The van der Waals surface area contributed by atoms with Crippen LogP contribution in [0, 0.1) is 0 Å². The van der Waals surface area contributed by atoms with Gasteiger partial charge in [0.1, 0.15) is 5.69 Å². The summed E-state index contributed by atoms with van der Waals surface area (Å²) < 4.78 is 5.46. The fourth-order valence-corrected chi connectivity index (χ4v) is 1.80. The molecule has 4 N–H and O–H groups in total. The fraction of sp³-hybridized carbons (Fsp3) is 0.600. The third kappa shape index (κ3) is 2.56. The van der Waals surface area contributed by atoms with Gasteiger partial charge in [-0.15, -0.1) is 0 Å². The second kappa shape index (κ2) is 4.72. The smallest absolute Gasteiger partial charge is 0.323 e. The Morgan fingerprint density at radius 1 is 1.71 bits per heavy atom. The first-order valence-electron chi connectivity index (χ1n) is 5.52. The Hall–Kier alpha value is -1.60. The average Bonchev–Trinajstić information content (AvgIpc) is 2.75. The van der Waals surface area contributed by atoms with Crippen molar-refractivity contribution < 1.29 is 9.53 Å². The first kappa shape index (κ1) is 11.9. The maximum absolute atomic E-state index is 12.0. The number of ether oxygens (including phenoxy) is 1. The summed E-state index contributed by atoms with van der Waals surface area (Å²) in [4.78, 5) is 29.4. The van der Waals surface area contributed by atoms with Gasteiger partial charge in [-0.1, -0.05) is 0 Å². The van der Waals surface area contributed by atoms with Crippen molar-refractivity contribution in [2.75, 3.05) is 19.7 Å². The van der Waals surface area contributed by atoms with Crippen LogP contribution in [0.1, 0.15) is 17.4 Å². The fourth-order valence-electron chi connectivity index (χ4n) is 1.80. The molecule has 0 radical (unpaired) electrons. The molecule has 1 fully saturated rings. The zero-order valence-electron chi connectivity index (χ0n) is 9.60. The molecule has 7 heteroatoms. The minimum absolute atomic E-state index is 0.129. The first-order chi connectivity index (χ1) is 8.08. The Morgan fingerprint density at radius 2 is 2.47 bits per heavy atom. The van der Waals surface area contributed by atoms with E-state index in [1.165, 1.54) is 6.20 Å². The summed E-state index contributed by atoms with van der Waals surface area (Å²) in [5.41, 5.74) is 5.63. The van der Waals surface area contributed by atoms with E-state index in [9.17, 15) is 9.59 Å². The van der Waals surface area contributed by atoms with Crippen molar-refractivity contribution in [1.29, 1.82) is 0 Å². The van der Waals surface area contributed by atoms with E-state index in [0.717, 1.165) is 0 Å². The molecule has 94 valence electrons. The number of aromatic amines is 2. The number of carbonyl (C=O) groups excluding carboxylic acids is 1. The molecule has 1 aliphatic heterocycles. The molecule has 7 nitrogen and oxygen atoms in total. The highest BCUT2D eigenvalue weighted by Crippen LogP contribution is 2.10. The lowest BCUT2D eigenvalue weighted by Gasteiger charge is -2.34. The summed E-state index contributed by atoms with van der Waals surface area (Å²) in [6.07, 6.45) is 1.22. The first-order valence-corrected chi connectivity index (χ1v) is 5.52. The number of nitrogens with two attached hydrogens (primary N) is 1. The Kier molecular flexibility index (Phi) is 3.30. The Morgan fingerprint density at radius 3 is 3.06 bits per heavy atom. The predicted molar refractivity (Wildman–Crippen MR) is 60.7 cm³/mol. The summed E-state index contributed by atoms with van der Waals surface area (Å²) in [7, 11) is 0. The summed E-state index contributed by atoms with van der Waals surface area (Å²) in [5, 5.41) is 0. The number of hydrogen-bond donors (Lipinski definition) is 3. The van der Waals surface area contributed by atoms with Crippen molar-refractivity contribution in [1.82, 2.24) is 14.9 Å². The Balaban J connectivity index is 2.07. The molecule has 1 aromatic heterocycles. The van der Waals surface area contributed by atoms with E-state index < -0.39 is 0 Å². The molecule has 2 unspecified atom stereocenters. The Labute approximate surface area is 97.9 Å². The van der Waals surface area contributed by atoms with Crippen LogP contribution in [-0.4, -0.2) is 52.6 Å². The van der Waals surface area contributed by atoms with Crippen molar-refractivity contribution in [3.8, 4) is 0 Å². The summed E-state index contributed by atoms with van der Waals surface area (Å²) in [6, 6.07) is -0.129. The average molecular weight is 240 g/mol. The number of H-pyrrole nitrogens is 2.